The van der Waals surface area contributed by atoms with Gasteiger partial charge in [-0.3, -0.25) is 0 Å². The van der Waals surface area contributed by atoms with Crippen LogP contribution in [0.4, 0.5) is 0 Å². The first-order valence-electron chi connectivity index (χ1n) is 12.4. The van der Waals surface area contributed by atoms with E-state index in [-0.39, 0.29) is 0 Å². The molecule has 0 aromatic carbocycles. The van der Waals surface area contributed by atoms with Crippen molar-refractivity contribution in [2.75, 3.05) is 0 Å². The van der Waals surface area contributed by atoms with Crippen LogP contribution in [0, 0.1) is 39.9 Å². The number of fused-ring (bicyclic) bond motifs is 5. The van der Waals surface area contributed by atoms with Gasteiger partial charge in [0, 0.05) is 0 Å². The van der Waals surface area contributed by atoms with E-state index < -0.39 is 0 Å². The SMILES string of the molecule is CC.CCCCC1CCC2C3CCC4(C)CCCCC4(C)C3CCC12C. The van der Waals surface area contributed by atoms with E-state index in [9.17, 15) is 0 Å². The fourth-order valence-corrected chi connectivity index (χ4v) is 8.64. The molecule has 7 atom stereocenters. The number of hydrogen-bond acceptors (Lipinski definition) is 0. The number of rotatable bonds is 3. The van der Waals surface area contributed by atoms with Crippen LogP contribution in [0.15, 0.2) is 0 Å². The maximum atomic E-state index is 2.73. The summed E-state index contributed by atoms with van der Waals surface area (Å²) in [5, 5.41) is 0. The molecule has 0 N–H and O–H groups in total. The van der Waals surface area contributed by atoms with Crippen LogP contribution in [-0.4, -0.2) is 0 Å². The molecule has 26 heavy (non-hydrogen) atoms. The van der Waals surface area contributed by atoms with Gasteiger partial charge in [-0.15, -0.1) is 0 Å². The summed E-state index contributed by atoms with van der Waals surface area (Å²) in [5.74, 6) is 4.25. The summed E-state index contributed by atoms with van der Waals surface area (Å²) in [6.07, 6.45) is 19.8. The molecule has 0 aromatic heterocycles. The highest BCUT2D eigenvalue weighted by Crippen LogP contribution is 2.70. The third-order valence-electron chi connectivity index (χ3n) is 10.4. The number of hydrogen-bond donors (Lipinski definition) is 0. The lowest BCUT2D eigenvalue weighted by Crippen LogP contribution is -2.56. The Labute approximate surface area is 165 Å². The molecule has 0 radical (unpaired) electrons. The molecule has 0 heterocycles. The standard InChI is InChI=1S/C24H42.C2H6/c1-5-6-9-18-10-11-20-19-12-16-22(2)14-7-8-15-24(22,4)21(19)13-17-23(18,20)3;1-2/h18-21H,5-17H2,1-4H3;1-2H3. The predicted molar refractivity (Wildman–Crippen MR) is 115 cm³/mol. The zero-order valence-electron chi connectivity index (χ0n) is 19.0. The first kappa shape index (κ1) is 20.7. The second-order valence-electron chi connectivity index (χ2n) is 11.1. The normalized spacial score (nSPS) is 50.1. The van der Waals surface area contributed by atoms with Crippen molar-refractivity contribution < 1.29 is 0 Å². The van der Waals surface area contributed by atoms with E-state index in [4.69, 9.17) is 0 Å². The van der Waals surface area contributed by atoms with Gasteiger partial charge in [0.1, 0.15) is 0 Å². The van der Waals surface area contributed by atoms with Gasteiger partial charge in [-0.1, -0.05) is 67.2 Å². The van der Waals surface area contributed by atoms with Crippen LogP contribution in [0.3, 0.4) is 0 Å². The Hall–Kier alpha value is 0. The van der Waals surface area contributed by atoms with E-state index in [0.717, 1.165) is 23.7 Å². The highest BCUT2D eigenvalue weighted by Gasteiger charge is 2.62. The summed E-state index contributed by atoms with van der Waals surface area (Å²) in [6.45, 7) is 14.5. The maximum absolute atomic E-state index is 2.73. The molecule has 7 unspecified atom stereocenters. The molecule has 4 aliphatic carbocycles. The Morgan fingerprint density at radius 1 is 0.769 bits per heavy atom. The van der Waals surface area contributed by atoms with Crippen molar-refractivity contribution in [3.05, 3.63) is 0 Å². The van der Waals surface area contributed by atoms with Gasteiger partial charge in [0.05, 0.1) is 0 Å². The van der Waals surface area contributed by atoms with E-state index >= 15 is 0 Å². The molecular formula is C26H48. The lowest BCUT2D eigenvalue weighted by Gasteiger charge is -2.64. The third kappa shape index (κ3) is 3.00. The van der Waals surface area contributed by atoms with E-state index in [2.05, 4.69) is 27.7 Å². The van der Waals surface area contributed by atoms with Crippen LogP contribution in [0.1, 0.15) is 125 Å². The van der Waals surface area contributed by atoms with Crippen LogP contribution >= 0.6 is 0 Å². The molecule has 152 valence electrons. The average Bonchev–Trinajstić information content (AvgIpc) is 2.98. The zero-order chi connectivity index (χ0) is 19.0. The minimum atomic E-state index is 0.664. The molecule has 4 rings (SSSR count). The second-order valence-corrected chi connectivity index (χ2v) is 11.1. The predicted octanol–water partition coefficient (Wildman–Crippen LogP) is 8.64. The van der Waals surface area contributed by atoms with E-state index in [1.165, 1.54) is 51.4 Å². The molecule has 0 saturated heterocycles. The van der Waals surface area contributed by atoms with Crippen molar-refractivity contribution in [2.45, 2.75) is 125 Å². The van der Waals surface area contributed by atoms with Crippen molar-refractivity contribution in [3.8, 4) is 0 Å². The van der Waals surface area contributed by atoms with Crippen molar-refractivity contribution in [1.29, 1.82) is 0 Å². The van der Waals surface area contributed by atoms with E-state index in [0.29, 0.717) is 16.2 Å². The summed E-state index contributed by atoms with van der Waals surface area (Å²) < 4.78 is 0. The Kier molecular flexibility index (Phi) is 6.21. The summed E-state index contributed by atoms with van der Waals surface area (Å²) in [7, 11) is 0. The van der Waals surface area contributed by atoms with Crippen LogP contribution in [0.25, 0.3) is 0 Å². The maximum Gasteiger partial charge on any atom is -0.0241 e. The van der Waals surface area contributed by atoms with E-state index in [1.807, 2.05) is 13.8 Å². The smallest absolute Gasteiger partial charge is 0.0241 e. The highest BCUT2D eigenvalue weighted by molar-refractivity contribution is 5.11. The Morgan fingerprint density at radius 3 is 2.23 bits per heavy atom. The van der Waals surface area contributed by atoms with Gasteiger partial charge < -0.3 is 0 Å². The fourth-order valence-electron chi connectivity index (χ4n) is 8.64. The van der Waals surface area contributed by atoms with Gasteiger partial charge in [-0.25, -0.2) is 0 Å². The minimum absolute atomic E-state index is 0.664. The van der Waals surface area contributed by atoms with Gasteiger partial charge in [-0.2, -0.15) is 0 Å². The Balaban J connectivity index is 0.000000948. The molecule has 0 nitrogen and oxygen atoms in total. The van der Waals surface area contributed by atoms with Crippen LogP contribution in [-0.2, 0) is 0 Å². The third-order valence-corrected chi connectivity index (χ3v) is 10.4. The zero-order valence-corrected chi connectivity index (χ0v) is 19.0. The van der Waals surface area contributed by atoms with Gasteiger partial charge in [-0.05, 0) is 97.7 Å². The van der Waals surface area contributed by atoms with Gasteiger partial charge >= 0.3 is 0 Å². The molecule has 0 bridgehead atoms. The summed E-state index contributed by atoms with van der Waals surface area (Å²) in [5.41, 5.74) is 2.03. The molecule has 4 aliphatic rings. The van der Waals surface area contributed by atoms with E-state index in [1.54, 1.807) is 32.1 Å². The number of unbranched alkanes of at least 4 members (excludes halogenated alkanes) is 1. The molecule has 0 heteroatoms. The lowest BCUT2D eigenvalue weighted by molar-refractivity contribution is -0.152. The second kappa shape index (κ2) is 7.79. The molecule has 0 spiro atoms. The quantitative estimate of drug-likeness (QED) is 0.472. The molecular weight excluding hydrogens is 312 g/mol. The van der Waals surface area contributed by atoms with Gasteiger partial charge in [0.25, 0.3) is 0 Å². The molecule has 0 aliphatic heterocycles. The molecule has 0 aromatic rings. The highest BCUT2D eigenvalue weighted by atomic mass is 14.7. The Bertz CT molecular complexity index is 467. The summed E-state index contributed by atoms with van der Waals surface area (Å²) in [6, 6.07) is 0. The summed E-state index contributed by atoms with van der Waals surface area (Å²) >= 11 is 0. The Morgan fingerprint density at radius 2 is 1.50 bits per heavy atom. The average molecular weight is 361 g/mol. The monoisotopic (exact) mass is 360 g/mol. The fraction of sp³-hybridized carbons (Fsp3) is 1.00. The largest absolute Gasteiger partial charge is 0.0683 e. The van der Waals surface area contributed by atoms with Crippen molar-refractivity contribution in [2.24, 2.45) is 39.9 Å². The van der Waals surface area contributed by atoms with Crippen LogP contribution in [0.2, 0.25) is 0 Å². The molecule has 4 saturated carbocycles. The minimum Gasteiger partial charge on any atom is -0.0683 e. The van der Waals surface area contributed by atoms with Gasteiger partial charge in [0.2, 0.25) is 0 Å². The van der Waals surface area contributed by atoms with Gasteiger partial charge in [0.15, 0.2) is 0 Å². The first-order chi connectivity index (χ1) is 12.4. The van der Waals surface area contributed by atoms with Crippen molar-refractivity contribution >= 4 is 0 Å². The first-order valence-corrected chi connectivity index (χ1v) is 12.4. The van der Waals surface area contributed by atoms with Crippen molar-refractivity contribution in [3.63, 3.8) is 0 Å². The van der Waals surface area contributed by atoms with Crippen molar-refractivity contribution in [1.82, 2.24) is 0 Å². The lowest BCUT2D eigenvalue weighted by atomic mass is 9.40. The van der Waals surface area contributed by atoms with Crippen LogP contribution < -0.4 is 0 Å². The molecule has 0 amide bonds. The summed E-state index contributed by atoms with van der Waals surface area (Å²) in [4.78, 5) is 0. The van der Waals surface area contributed by atoms with Crippen LogP contribution in [0.5, 0.6) is 0 Å². The molecule has 4 fully saturated rings. The topological polar surface area (TPSA) is 0 Å².